The third kappa shape index (κ3) is 2.37. The smallest absolute Gasteiger partial charge is 0.0294 e. The molecule has 2 aliphatic rings. The van der Waals surface area contributed by atoms with E-state index in [1.165, 1.54) is 36.5 Å². The van der Waals surface area contributed by atoms with E-state index in [9.17, 15) is 0 Å². The van der Waals surface area contributed by atoms with Crippen LogP contribution in [0.15, 0.2) is 0 Å². The van der Waals surface area contributed by atoms with E-state index in [-0.39, 0.29) is 0 Å². The quantitative estimate of drug-likeness (QED) is 0.778. The van der Waals surface area contributed by atoms with Crippen molar-refractivity contribution in [2.24, 2.45) is 5.92 Å². The lowest BCUT2D eigenvalue weighted by atomic mass is 9.78. The lowest BCUT2D eigenvalue weighted by Crippen LogP contribution is -2.46. The Hall–Kier alpha value is 0.660. The Bertz CT molecular complexity index is 153. The van der Waals surface area contributed by atoms with Crippen LogP contribution in [-0.4, -0.2) is 35.6 Å². The van der Waals surface area contributed by atoms with Crippen LogP contribution in [0.5, 0.6) is 0 Å². The van der Waals surface area contributed by atoms with E-state index >= 15 is 0 Å². The second-order valence-corrected chi connectivity index (χ2v) is 6.49. The summed E-state index contributed by atoms with van der Waals surface area (Å²) in [7, 11) is 2.14. The van der Waals surface area contributed by atoms with Crippen molar-refractivity contribution in [2.45, 2.75) is 30.6 Å². The molecule has 2 atom stereocenters. The molecule has 0 aromatic heterocycles. The Labute approximate surface area is 89.8 Å². The molecule has 0 radical (unpaired) electrons. The summed E-state index contributed by atoms with van der Waals surface area (Å²) in [6, 6.07) is 0.798. The molecule has 0 aromatic carbocycles. The fourth-order valence-corrected chi connectivity index (χ4v) is 5.24. The first-order valence-corrected chi connectivity index (χ1v) is 7.49. The van der Waals surface area contributed by atoms with Crippen LogP contribution in [0.25, 0.3) is 0 Å². The normalized spacial score (nSPS) is 32.5. The number of hydrogen-bond acceptors (Lipinski definition) is 3. The van der Waals surface area contributed by atoms with Crippen molar-refractivity contribution in [2.75, 3.05) is 24.3 Å². The lowest BCUT2D eigenvalue weighted by Gasteiger charge is -2.39. The molecule has 1 saturated heterocycles. The minimum atomic E-state index is 0.798. The highest BCUT2D eigenvalue weighted by atomic mass is 32.2. The lowest BCUT2D eigenvalue weighted by molar-refractivity contribution is 0.237. The van der Waals surface area contributed by atoms with Gasteiger partial charge in [-0.05, 0) is 25.8 Å². The van der Waals surface area contributed by atoms with E-state index in [0.717, 1.165) is 17.2 Å². The molecule has 1 aliphatic heterocycles. The van der Waals surface area contributed by atoms with Gasteiger partial charge in [-0.15, -0.1) is 0 Å². The summed E-state index contributed by atoms with van der Waals surface area (Å²) in [5.41, 5.74) is 0. The molecule has 0 aromatic rings. The topological polar surface area (TPSA) is 12.0 Å². The summed E-state index contributed by atoms with van der Waals surface area (Å²) >= 11 is 4.33. The van der Waals surface area contributed by atoms with E-state index < -0.39 is 0 Å². The van der Waals surface area contributed by atoms with Gasteiger partial charge < -0.3 is 5.32 Å². The van der Waals surface area contributed by atoms with Crippen LogP contribution in [0.1, 0.15) is 19.3 Å². The predicted molar refractivity (Wildman–Crippen MR) is 63.8 cm³/mol. The van der Waals surface area contributed by atoms with E-state index in [1.807, 2.05) is 0 Å². The second kappa shape index (κ2) is 4.94. The van der Waals surface area contributed by atoms with Crippen molar-refractivity contribution >= 4 is 23.5 Å². The third-order valence-corrected chi connectivity index (χ3v) is 6.12. The molecule has 76 valence electrons. The maximum atomic E-state index is 3.54. The van der Waals surface area contributed by atoms with E-state index in [1.54, 1.807) is 0 Å². The standard InChI is InChI=1S/C10H19NS2/c1-11-10(8-3-2-4-8)9-7-12-5-6-13-9/h8-11H,2-7H2,1H3. The highest BCUT2D eigenvalue weighted by Gasteiger charge is 2.33. The first kappa shape index (κ1) is 10.2. The van der Waals surface area contributed by atoms with Gasteiger partial charge in [0.15, 0.2) is 0 Å². The van der Waals surface area contributed by atoms with Gasteiger partial charge in [0.25, 0.3) is 0 Å². The summed E-state index contributed by atoms with van der Waals surface area (Å²) in [6.07, 6.45) is 4.40. The zero-order chi connectivity index (χ0) is 9.10. The molecule has 13 heavy (non-hydrogen) atoms. The predicted octanol–water partition coefficient (Wildman–Crippen LogP) is 2.22. The first-order valence-electron chi connectivity index (χ1n) is 5.28. The second-order valence-electron chi connectivity index (χ2n) is 3.99. The van der Waals surface area contributed by atoms with Crippen LogP contribution in [0.4, 0.5) is 0 Å². The first-order chi connectivity index (χ1) is 6.42. The van der Waals surface area contributed by atoms with Crippen molar-refractivity contribution in [3.8, 4) is 0 Å². The highest BCUT2D eigenvalue weighted by molar-refractivity contribution is 8.06. The number of nitrogens with one attached hydrogen (secondary N) is 1. The van der Waals surface area contributed by atoms with Crippen LogP contribution in [-0.2, 0) is 0 Å². The van der Waals surface area contributed by atoms with Crippen LogP contribution < -0.4 is 5.32 Å². The number of thioether (sulfide) groups is 2. The summed E-state index contributed by atoms with van der Waals surface area (Å²) in [6.45, 7) is 0. The van der Waals surface area contributed by atoms with Gasteiger partial charge in [-0.25, -0.2) is 0 Å². The average Bonchev–Trinajstić information content (AvgIpc) is 2.12. The summed E-state index contributed by atoms with van der Waals surface area (Å²) in [5.74, 6) is 5.08. The van der Waals surface area contributed by atoms with E-state index in [4.69, 9.17) is 0 Å². The monoisotopic (exact) mass is 217 g/mol. The van der Waals surface area contributed by atoms with Gasteiger partial charge in [0.2, 0.25) is 0 Å². The molecule has 2 unspecified atom stereocenters. The molecule has 1 aliphatic carbocycles. The molecule has 0 bridgehead atoms. The minimum absolute atomic E-state index is 0.798. The van der Waals surface area contributed by atoms with Crippen molar-refractivity contribution < 1.29 is 0 Å². The van der Waals surface area contributed by atoms with Gasteiger partial charge in [0, 0.05) is 28.6 Å². The maximum Gasteiger partial charge on any atom is 0.0294 e. The minimum Gasteiger partial charge on any atom is -0.316 e. The fourth-order valence-electron chi connectivity index (χ4n) is 2.24. The van der Waals surface area contributed by atoms with Gasteiger partial charge in [0.05, 0.1) is 0 Å². The SMILES string of the molecule is CNC(C1CCC1)C1CSCCS1. The molecule has 1 N–H and O–H groups in total. The molecular formula is C10H19NS2. The van der Waals surface area contributed by atoms with E-state index in [0.29, 0.717) is 0 Å². The molecule has 2 fully saturated rings. The molecule has 2 rings (SSSR count). The van der Waals surface area contributed by atoms with Crippen molar-refractivity contribution in [1.29, 1.82) is 0 Å². The molecule has 3 heteroatoms. The van der Waals surface area contributed by atoms with Crippen molar-refractivity contribution in [3.63, 3.8) is 0 Å². The largest absolute Gasteiger partial charge is 0.316 e. The molecule has 1 saturated carbocycles. The summed E-state index contributed by atoms with van der Waals surface area (Å²) in [5, 5.41) is 4.42. The summed E-state index contributed by atoms with van der Waals surface area (Å²) < 4.78 is 0. The van der Waals surface area contributed by atoms with Gasteiger partial charge >= 0.3 is 0 Å². The highest BCUT2D eigenvalue weighted by Crippen LogP contribution is 2.36. The van der Waals surface area contributed by atoms with Crippen LogP contribution >= 0.6 is 23.5 Å². The Balaban J connectivity index is 1.86. The Kier molecular flexibility index (Phi) is 3.87. The van der Waals surface area contributed by atoms with Crippen molar-refractivity contribution in [3.05, 3.63) is 0 Å². The Morgan fingerprint density at radius 2 is 2.15 bits per heavy atom. The van der Waals surface area contributed by atoms with Gasteiger partial charge in [-0.2, -0.15) is 23.5 Å². The fraction of sp³-hybridized carbons (Fsp3) is 1.00. The number of hydrogen-bond donors (Lipinski definition) is 1. The van der Waals surface area contributed by atoms with Gasteiger partial charge in [0.1, 0.15) is 0 Å². The summed E-state index contributed by atoms with van der Waals surface area (Å²) in [4.78, 5) is 0. The van der Waals surface area contributed by atoms with Crippen LogP contribution in [0, 0.1) is 5.92 Å². The average molecular weight is 217 g/mol. The van der Waals surface area contributed by atoms with Crippen LogP contribution in [0.2, 0.25) is 0 Å². The number of rotatable bonds is 3. The molecule has 1 heterocycles. The van der Waals surface area contributed by atoms with Crippen molar-refractivity contribution in [1.82, 2.24) is 5.32 Å². The van der Waals surface area contributed by atoms with Gasteiger partial charge in [-0.1, -0.05) is 6.42 Å². The Morgan fingerprint density at radius 3 is 2.62 bits per heavy atom. The van der Waals surface area contributed by atoms with E-state index in [2.05, 4.69) is 35.9 Å². The molecule has 1 nitrogen and oxygen atoms in total. The zero-order valence-corrected chi connectivity index (χ0v) is 9.92. The Morgan fingerprint density at radius 1 is 1.31 bits per heavy atom. The molecule has 0 spiro atoms. The molecular weight excluding hydrogens is 198 g/mol. The third-order valence-electron chi connectivity index (χ3n) is 3.23. The van der Waals surface area contributed by atoms with Crippen LogP contribution in [0.3, 0.4) is 0 Å². The maximum absolute atomic E-state index is 3.54. The zero-order valence-electron chi connectivity index (χ0n) is 8.29. The van der Waals surface area contributed by atoms with Gasteiger partial charge in [-0.3, -0.25) is 0 Å². The molecule has 0 amide bonds.